The van der Waals surface area contributed by atoms with Crippen LogP contribution in [0.4, 0.5) is 8.78 Å². The molecular weight excluding hydrogens is 448 g/mol. The molecule has 1 amide bonds. The summed E-state index contributed by atoms with van der Waals surface area (Å²) in [4.78, 5) is 30.5. The minimum Gasteiger partial charge on any atom is -0.411 e. The number of carbonyl (C=O) groups is 1. The summed E-state index contributed by atoms with van der Waals surface area (Å²) >= 11 is 0. The van der Waals surface area contributed by atoms with Crippen molar-refractivity contribution in [2.75, 3.05) is 6.54 Å². The molecule has 34 heavy (non-hydrogen) atoms. The van der Waals surface area contributed by atoms with E-state index in [0.29, 0.717) is 30.0 Å². The largest absolute Gasteiger partial charge is 0.411 e. The Labute approximate surface area is 189 Å². The molecule has 6 heterocycles. The number of fused-ring (bicyclic) bond motifs is 2. The number of hydrogen-bond donors (Lipinski definition) is 1. The van der Waals surface area contributed by atoms with Crippen LogP contribution in [0.3, 0.4) is 0 Å². The zero-order chi connectivity index (χ0) is 23.2. The number of aromatic nitrogens is 8. The lowest BCUT2D eigenvalue weighted by Gasteiger charge is -2.32. The number of H-pyrrole nitrogens is 1. The van der Waals surface area contributed by atoms with Crippen LogP contribution in [0.15, 0.2) is 53.7 Å². The van der Waals surface area contributed by atoms with Crippen LogP contribution in [-0.4, -0.2) is 57.1 Å². The molecule has 0 fully saturated rings. The summed E-state index contributed by atoms with van der Waals surface area (Å²) in [5, 5.41) is 12.3. The van der Waals surface area contributed by atoms with E-state index in [1.165, 1.54) is 46.5 Å². The molecule has 1 aliphatic heterocycles. The van der Waals surface area contributed by atoms with Gasteiger partial charge in [-0.15, -0.1) is 10.2 Å². The summed E-state index contributed by atoms with van der Waals surface area (Å²) in [7, 11) is 0. The maximum absolute atomic E-state index is 13.5. The van der Waals surface area contributed by atoms with Gasteiger partial charge in [0.15, 0.2) is 0 Å². The fourth-order valence-electron chi connectivity index (χ4n) is 4.11. The first-order valence-electron chi connectivity index (χ1n) is 10.3. The van der Waals surface area contributed by atoms with Crippen LogP contribution in [0.1, 0.15) is 45.8 Å². The Balaban J connectivity index is 1.42. The van der Waals surface area contributed by atoms with Crippen LogP contribution in [0.25, 0.3) is 17.1 Å². The Morgan fingerprint density at radius 3 is 2.97 bits per heavy atom. The zero-order valence-corrected chi connectivity index (χ0v) is 17.3. The number of aromatic amines is 1. The number of alkyl halides is 2. The third-order valence-corrected chi connectivity index (χ3v) is 5.64. The van der Waals surface area contributed by atoms with Gasteiger partial charge < -0.3 is 14.3 Å². The van der Waals surface area contributed by atoms with Gasteiger partial charge in [0.25, 0.3) is 12.3 Å². The summed E-state index contributed by atoms with van der Waals surface area (Å²) in [5.41, 5.74) is 2.25. The topological polar surface area (TPSA) is 131 Å². The number of nitrogens with one attached hydrogen (secondary N) is 1. The van der Waals surface area contributed by atoms with Gasteiger partial charge in [0.1, 0.15) is 11.7 Å². The molecule has 0 unspecified atom stereocenters. The van der Waals surface area contributed by atoms with E-state index in [9.17, 15) is 13.6 Å². The Morgan fingerprint density at radius 1 is 1.24 bits per heavy atom. The minimum atomic E-state index is -2.67. The van der Waals surface area contributed by atoms with Crippen LogP contribution in [0, 0.1) is 0 Å². The molecule has 0 aliphatic carbocycles. The van der Waals surface area contributed by atoms with E-state index in [4.69, 9.17) is 4.42 Å². The van der Waals surface area contributed by atoms with Gasteiger partial charge in [-0.05, 0) is 18.2 Å². The molecule has 170 valence electrons. The van der Waals surface area contributed by atoms with Crippen molar-refractivity contribution in [2.24, 2.45) is 0 Å². The van der Waals surface area contributed by atoms with Crippen molar-refractivity contribution in [1.82, 2.24) is 44.6 Å². The second kappa shape index (κ2) is 7.79. The molecule has 5 aromatic heterocycles. The van der Waals surface area contributed by atoms with Gasteiger partial charge in [0, 0.05) is 42.8 Å². The number of imidazole rings is 1. The average Bonchev–Trinajstić information content (AvgIpc) is 3.62. The number of hydrogen-bond acceptors (Lipinski definition) is 8. The second-order valence-electron chi connectivity index (χ2n) is 7.58. The lowest BCUT2D eigenvalue weighted by Crippen LogP contribution is -2.41. The highest BCUT2D eigenvalue weighted by Gasteiger charge is 2.38. The molecule has 0 spiro atoms. The average molecular weight is 463 g/mol. The first-order valence-corrected chi connectivity index (χ1v) is 10.3. The van der Waals surface area contributed by atoms with Gasteiger partial charge in [-0.2, -0.15) is 5.10 Å². The van der Waals surface area contributed by atoms with Gasteiger partial charge in [-0.25, -0.2) is 23.3 Å². The van der Waals surface area contributed by atoms with E-state index < -0.39 is 18.4 Å². The first-order chi connectivity index (χ1) is 16.6. The molecule has 13 heteroatoms. The Bertz CT molecular complexity index is 1490. The number of nitrogens with zero attached hydrogens (tertiary/aromatic N) is 8. The third-order valence-electron chi connectivity index (χ3n) is 5.64. The molecule has 0 aromatic carbocycles. The normalized spacial score (nSPS) is 15.7. The fourth-order valence-corrected chi connectivity index (χ4v) is 4.11. The van der Waals surface area contributed by atoms with Crippen molar-refractivity contribution >= 4 is 11.4 Å². The molecule has 1 atom stereocenters. The van der Waals surface area contributed by atoms with E-state index in [1.54, 1.807) is 12.3 Å². The highest BCUT2D eigenvalue weighted by Crippen LogP contribution is 2.35. The van der Waals surface area contributed by atoms with E-state index >= 15 is 0 Å². The first kappa shape index (κ1) is 20.1. The SMILES string of the molecule is O=C(c1nnc(-c2cnccn2)o1)N1CCc2[nH]cnc2[C@@H]1c1cc2c(C(F)F)cccn2n1. The van der Waals surface area contributed by atoms with E-state index in [2.05, 4.69) is 35.2 Å². The van der Waals surface area contributed by atoms with Crippen molar-refractivity contribution in [3.63, 3.8) is 0 Å². The molecule has 0 radical (unpaired) electrons. The summed E-state index contributed by atoms with van der Waals surface area (Å²) < 4.78 is 34.0. The molecule has 11 nitrogen and oxygen atoms in total. The summed E-state index contributed by atoms with van der Waals surface area (Å²) in [5.74, 6) is -0.714. The summed E-state index contributed by atoms with van der Waals surface area (Å²) in [6, 6.07) is 3.66. The second-order valence-corrected chi connectivity index (χ2v) is 7.58. The molecule has 0 saturated carbocycles. The smallest absolute Gasteiger partial charge is 0.312 e. The predicted octanol–water partition coefficient (Wildman–Crippen LogP) is 2.62. The van der Waals surface area contributed by atoms with E-state index in [0.717, 1.165) is 5.69 Å². The standard InChI is InChI=1S/C21H15F2N9O2/c22-18(23)11-2-1-6-32-15(11)8-13(30-32)17-16-12(26-10-27-16)3-7-31(17)21(33)20-29-28-19(34-20)14-9-24-4-5-25-14/h1-2,4-6,8-10,17-18H,3,7H2,(H,26,27)/t17-/m0/s1. The molecule has 1 aliphatic rings. The fraction of sp³-hybridized carbons (Fsp3) is 0.190. The maximum Gasteiger partial charge on any atom is 0.312 e. The van der Waals surface area contributed by atoms with Crippen LogP contribution >= 0.6 is 0 Å². The van der Waals surface area contributed by atoms with Crippen molar-refractivity contribution in [1.29, 1.82) is 0 Å². The van der Waals surface area contributed by atoms with Crippen LogP contribution < -0.4 is 0 Å². The molecule has 0 saturated heterocycles. The lowest BCUT2D eigenvalue weighted by atomic mass is 9.99. The molecular formula is C21H15F2N9O2. The Kier molecular flexibility index (Phi) is 4.60. The van der Waals surface area contributed by atoms with Gasteiger partial charge in [0.2, 0.25) is 0 Å². The Hall–Kier alpha value is -4.55. The van der Waals surface area contributed by atoms with Gasteiger partial charge in [0.05, 0.1) is 29.4 Å². The number of pyridine rings is 1. The van der Waals surface area contributed by atoms with Crippen LogP contribution in [0.5, 0.6) is 0 Å². The number of carbonyl (C=O) groups excluding carboxylic acids is 1. The van der Waals surface area contributed by atoms with Gasteiger partial charge in [-0.1, -0.05) is 0 Å². The zero-order valence-electron chi connectivity index (χ0n) is 17.3. The highest BCUT2D eigenvalue weighted by atomic mass is 19.3. The van der Waals surface area contributed by atoms with Crippen molar-refractivity contribution < 1.29 is 18.0 Å². The predicted molar refractivity (Wildman–Crippen MR) is 111 cm³/mol. The summed E-state index contributed by atoms with van der Waals surface area (Å²) in [6.45, 7) is 0.303. The van der Waals surface area contributed by atoms with Crippen LogP contribution in [0.2, 0.25) is 0 Å². The van der Waals surface area contributed by atoms with Gasteiger partial charge in [-0.3, -0.25) is 9.78 Å². The molecule has 1 N–H and O–H groups in total. The third kappa shape index (κ3) is 3.20. The van der Waals surface area contributed by atoms with E-state index in [-0.39, 0.29) is 22.9 Å². The minimum absolute atomic E-state index is 0.0553. The molecule has 5 aromatic rings. The van der Waals surface area contributed by atoms with Crippen molar-refractivity contribution in [3.05, 3.63) is 77.8 Å². The quantitative estimate of drug-likeness (QED) is 0.430. The number of amides is 1. The molecule has 0 bridgehead atoms. The van der Waals surface area contributed by atoms with Gasteiger partial charge >= 0.3 is 11.8 Å². The van der Waals surface area contributed by atoms with Crippen LogP contribution in [-0.2, 0) is 6.42 Å². The lowest BCUT2D eigenvalue weighted by molar-refractivity contribution is 0.0646. The molecule has 6 rings (SSSR count). The summed E-state index contributed by atoms with van der Waals surface area (Å²) in [6.07, 6.45) is 5.37. The number of halogens is 2. The highest BCUT2D eigenvalue weighted by molar-refractivity contribution is 5.90. The Morgan fingerprint density at radius 2 is 2.15 bits per heavy atom. The van der Waals surface area contributed by atoms with Crippen molar-refractivity contribution in [3.8, 4) is 11.6 Å². The van der Waals surface area contributed by atoms with Crippen molar-refractivity contribution in [2.45, 2.75) is 18.9 Å². The van der Waals surface area contributed by atoms with E-state index in [1.807, 2.05) is 0 Å². The number of rotatable bonds is 4. The maximum atomic E-state index is 13.5. The monoisotopic (exact) mass is 463 g/mol.